The van der Waals surface area contributed by atoms with Crippen LogP contribution in [0.1, 0.15) is 0 Å². The lowest BCUT2D eigenvalue weighted by Gasteiger charge is -2.22. The topological polar surface area (TPSA) is 129 Å². The van der Waals surface area contributed by atoms with E-state index < -0.39 is 10.0 Å². The van der Waals surface area contributed by atoms with Crippen molar-refractivity contribution in [3.05, 3.63) is 48.5 Å². The van der Waals surface area contributed by atoms with Gasteiger partial charge in [-0.2, -0.15) is 10.2 Å². The molecule has 0 fully saturated rings. The van der Waals surface area contributed by atoms with Crippen molar-refractivity contribution in [2.24, 2.45) is 15.4 Å². The van der Waals surface area contributed by atoms with Gasteiger partial charge in [-0.3, -0.25) is 0 Å². The SMILES string of the molecule is NS(=O)(=O)c1ccc(N=Nc2ccc(N(CCO)CCO)cc2)cc1. The normalized spacial score (nSPS) is 11.8. The number of nitrogens with two attached hydrogens (primary N) is 1. The first-order chi connectivity index (χ1) is 11.9. The Morgan fingerprint density at radius 2 is 1.28 bits per heavy atom. The zero-order valence-corrected chi connectivity index (χ0v) is 14.3. The summed E-state index contributed by atoms with van der Waals surface area (Å²) in [4.78, 5) is 1.87. The van der Waals surface area contributed by atoms with Gasteiger partial charge in [-0.15, -0.1) is 0 Å². The molecule has 0 spiro atoms. The fourth-order valence-electron chi connectivity index (χ4n) is 2.16. The third-order valence-corrected chi connectivity index (χ3v) is 4.33. The minimum Gasteiger partial charge on any atom is -0.395 e. The average molecular weight is 364 g/mol. The number of aliphatic hydroxyl groups excluding tert-OH is 2. The lowest BCUT2D eigenvalue weighted by molar-refractivity contribution is 0.281. The summed E-state index contributed by atoms with van der Waals surface area (Å²) in [5, 5.41) is 31.3. The van der Waals surface area contributed by atoms with E-state index in [1.807, 2.05) is 17.0 Å². The van der Waals surface area contributed by atoms with Gasteiger partial charge >= 0.3 is 0 Å². The van der Waals surface area contributed by atoms with Gasteiger partial charge in [-0.05, 0) is 48.5 Å². The predicted octanol–water partition coefficient (Wildman–Crippen LogP) is 1.54. The van der Waals surface area contributed by atoms with Gasteiger partial charge < -0.3 is 15.1 Å². The molecule has 0 bridgehead atoms. The highest BCUT2D eigenvalue weighted by molar-refractivity contribution is 7.89. The summed E-state index contributed by atoms with van der Waals surface area (Å²) in [6.07, 6.45) is 0. The van der Waals surface area contributed by atoms with E-state index in [0.29, 0.717) is 24.5 Å². The highest BCUT2D eigenvalue weighted by atomic mass is 32.2. The van der Waals surface area contributed by atoms with E-state index in [0.717, 1.165) is 5.69 Å². The van der Waals surface area contributed by atoms with Crippen molar-refractivity contribution in [1.82, 2.24) is 0 Å². The van der Waals surface area contributed by atoms with E-state index in [-0.39, 0.29) is 18.1 Å². The van der Waals surface area contributed by atoms with Crippen LogP contribution in [0.5, 0.6) is 0 Å². The Labute approximate surface area is 146 Å². The van der Waals surface area contributed by atoms with Crippen LogP contribution in [0.25, 0.3) is 0 Å². The molecule has 0 amide bonds. The van der Waals surface area contributed by atoms with Crippen LogP contribution in [0.15, 0.2) is 63.7 Å². The van der Waals surface area contributed by atoms with Crippen LogP contribution in [0, 0.1) is 0 Å². The second-order valence-corrected chi connectivity index (χ2v) is 6.75. The molecule has 0 aromatic heterocycles. The number of nitrogens with zero attached hydrogens (tertiary/aromatic N) is 3. The molecule has 9 heteroatoms. The van der Waals surface area contributed by atoms with Crippen molar-refractivity contribution < 1.29 is 18.6 Å². The second kappa shape index (κ2) is 8.67. The Hall–Kier alpha value is -2.33. The molecular formula is C16H20N4O4S. The maximum atomic E-state index is 11.2. The second-order valence-electron chi connectivity index (χ2n) is 5.19. The molecular weight excluding hydrogens is 344 g/mol. The summed E-state index contributed by atoms with van der Waals surface area (Å²) in [5.74, 6) is 0. The average Bonchev–Trinajstić information content (AvgIpc) is 2.60. The van der Waals surface area contributed by atoms with Crippen molar-refractivity contribution in [3.8, 4) is 0 Å². The standard InChI is InChI=1S/C16H20N4O4S/c17-25(23,24)16-7-3-14(4-8-16)19-18-13-1-5-15(6-2-13)20(9-11-21)10-12-22/h1-8,21-22H,9-12H2,(H2,17,23,24). The summed E-state index contributed by atoms with van der Waals surface area (Å²) in [7, 11) is -3.72. The number of primary sulfonamides is 1. The van der Waals surface area contributed by atoms with E-state index in [1.54, 1.807) is 12.1 Å². The zero-order valence-electron chi connectivity index (χ0n) is 13.5. The Bertz CT molecular complexity index is 799. The van der Waals surface area contributed by atoms with E-state index in [1.165, 1.54) is 24.3 Å². The van der Waals surface area contributed by atoms with Crippen LogP contribution in [0.3, 0.4) is 0 Å². The summed E-state index contributed by atoms with van der Waals surface area (Å²) in [6.45, 7) is 0.849. The first-order valence-corrected chi connectivity index (χ1v) is 9.10. The van der Waals surface area contributed by atoms with Gasteiger partial charge in [-0.25, -0.2) is 13.6 Å². The maximum absolute atomic E-state index is 11.2. The lowest BCUT2D eigenvalue weighted by atomic mass is 10.2. The van der Waals surface area contributed by atoms with E-state index in [9.17, 15) is 8.42 Å². The van der Waals surface area contributed by atoms with Gasteiger partial charge in [0.15, 0.2) is 0 Å². The lowest BCUT2D eigenvalue weighted by Crippen LogP contribution is -2.29. The zero-order chi connectivity index (χ0) is 18.3. The minimum absolute atomic E-state index is 0.00399. The molecule has 0 atom stereocenters. The number of aliphatic hydroxyl groups is 2. The molecule has 134 valence electrons. The molecule has 2 aromatic rings. The number of benzene rings is 2. The van der Waals surface area contributed by atoms with Crippen LogP contribution in [0.4, 0.5) is 17.1 Å². The quantitative estimate of drug-likeness (QED) is 0.612. The van der Waals surface area contributed by atoms with Crippen LogP contribution >= 0.6 is 0 Å². The fourth-order valence-corrected chi connectivity index (χ4v) is 2.67. The Morgan fingerprint density at radius 1 is 0.840 bits per heavy atom. The van der Waals surface area contributed by atoms with Crippen LogP contribution < -0.4 is 10.0 Å². The molecule has 0 radical (unpaired) electrons. The van der Waals surface area contributed by atoms with Crippen molar-refractivity contribution in [1.29, 1.82) is 0 Å². The molecule has 0 heterocycles. The van der Waals surface area contributed by atoms with E-state index in [4.69, 9.17) is 15.4 Å². The fraction of sp³-hybridized carbons (Fsp3) is 0.250. The number of sulfonamides is 1. The highest BCUT2D eigenvalue weighted by Gasteiger charge is 2.07. The first kappa shape index (κ1) is 19.0. The third-order valence-electron chi connectivity index (χ3n) is 3.40. The van der Waals surface area contributed by atoms with E-state index in [2.05, 4.69) is 10.2 Å². The molecule has 0 saturated heterocycles. The highest BCUT2D eigenvalue weighted by Crippen LogP contribution is 2.23. The van der Waals surface area contributed by atoms with Gasteiger partial charge in [0, 0.05) is 18.8 Å². The monoisotopic (exact) mass is 364 g/mol. The number of hydrogen-bond donors (Lipinski definition) is 3. The number of rotatable bonds is 8. The van der Waals surface area contributed by atoms with Gasteiger partial charge in [0.05, 0.1) is 29.5 Å². The van der Waals surface area contributed by atoms with Gasteiger partial charge in [-0.1, -0.05) is 0 Å². The van der Waals surface area contributed by atoms with Gasteiger partial charge in [0.1, 0.15) is 0 Å². The molecule has 0 saturated carbocycles. The molecule has 0 aliphatic carbocycles. The van der Waals surface area contributed by atoms with E-state index >= 15 is 0 Å². The number of azo groups is 1. The number of anilines is 1. The number of hydrogen-bond acceptors (Lipinski definition) is 7. The molecule has 0 unspecified atom stereocenters. The van der Waals surface area contributed by atoms with Crippen LogP contribution in [-0.2, 0) is 10.0 Å². The molecule has 2 aromatic carbocycles. The molecule has 25 heavy (non-hydrogen) atoms. The van der Waals surface area contributed by atoms with Crippen molar-refractivity contribution in [3.63, 3.8) is 0 Å². The minimum atomic E-state index is -3.72. The van der Waals surface area contributed by atoms with Crippen molar-refractivity contribution in [2.75, 3.05) is 31.2 Å². The van der Waals surface area contributed by atoms with Crippen molar-refractivity contribution >= 4 is 27.1 Å². The predicted molar refractivity (Wildman–Crippen MR) is 94.8 cm³/mol. The molecule has 4 N–H and O–H groups in total. The third kappa shape index (κ3) is 5.61. The maximum Gasteiger partial charge on any atom is 0.238 e. The summed E-state index contributed by atoms with van der Waals surface area (Å²) >= 11 is 0. The van der Waals surface area contributed by atoms with Crippen LogP contribution in [0.2, 0.25) is 0 Å². The molecule has 2 rings (SSSR count). The van der Waals surface area contributed by atoms with Crippen LogP contribution in [-0.4, -0.2) is 44.9 Å². The Morgan fingerprint density at radius 3 is 1.68 bits per heavy atom. The smallest absolute Gasteiger partial charge is 0.238 e. The Kier molecular flexibility index (Phi) is 6.59. The molecule has 0 aliphatic rings. The summed E-state index contributed by atoms with van der Waals surface area (Å²) < 4.78 is 22.4. The van der Waals surface area contributed by atoms with Crippen molar-refractivity contribution in [2.45, 2.75) is 4.90 Å². The summed E-state index contributed by atoms with van der Waals surface area (Å²) in [5.41, 5.74) is 1.98. The largest absolute Gasteiger partial charge is 0.395 e. The van der Waals surface area contributed by atoms with Gasteiger partial charge in [0.25, 0.3) is 0 Å². The first-order valence-electron chi connectivity index (χ1n) is 7.55. The molecule has 0 aliphatic heterocycles. The summed E-state index contributed by atoms with van der Waals surface area (Å²) in [6, 6.07) is 12.9. The van der Waals surface area contributed by atoms with Gasteiger partial charge in [0.2, 0.25) is 10.0 Å². The Balaban J connectivity index is 2.08. The molecule has 8 nitrogen and oxygen atoms in total.